The number of likely N-dealkylation sites (tertiary alicyclic amines) is 1. The zero-order valence-electron chi connectivity index (χ0n) is 18.6. The molecular formula is C26H29N5O2. The van der Waals surface area contributed by atoms with Gasteiger partial charge in [-0.3, -0.25) is 15.0 Å². The van der Waals surface area contributed by atoms with Crippen LogP contribution in [0.2, 0.25) is 0 Å². The molecule has 2 fully saturated rings. The van der Waals surface area contributed by atoms with E-state index in [9.17, 15) is 9.59 Å². The Morgan fingerprint density at radius 1 is 0.939 bits per heavy atom. The van der Waals surface area contributed by atoms with E-state index in [-0.39, 0.29) is 17.9 Å². The summed E-state index contributed by atoms with van der Waals surface area (Å²) in [6.07, 6.45) is 7.11. The van der Waals surface area contributed by atoms with E-state index >= 15 is 0 Å². The number of nitrogens with one attached hydrogen (secondary N) is 2. The molecule has 1 aromatic heterocycles. The van der Waals surface area contributed by atoms with E-state index in [1.165, 1.54) is 11.1 Å². The molecule has 3 amide bonds. The number of para-hydroxylation sites is 1. The standard InChI is InChI=1S/C26H29N5O2/c32-24-26(29-25(33)28-24,14-11-20-7-3-1-4-8-20)22-12-15-30(16-13-22)18-21-17-27-31(19-21)23-9-5-2-6-10-23/h1-10,17,19,22H,11-16,18H2,(H2,28,29,32,33). The molecule has 1 atom stereocenters. The smallest absolute Gasteiger partial charge is 0.322 e. The molecule has 3 aromatic rings. The Morgan fingerprint density at radius 2 is 1.64 bits per heavy atom. The molecule has 0 spiro atoms. The summed E-state index contributed by atoms with van der Waals surface area (Å²) in [5.74, 6) is -0.0537. The molecular weight excluding hydrogens is 414 g/mol. The van der Waals surface area contributed by atoms with Crippen LogP contribution < -0.4 is 10.6 Å². The zero-order chi connectivity index (χ0) is 22.7. The van der Waals surface area contributed by atoms with Gasteiger partial charge in [0.25, 0.3) is 5.91 Å². The van der Waals surface area contributed by atoms with Crippen molar-refractivity contribution < 1.29 is 9.59 Å². The molecule has 5 rings (SSSR count). The summed E-state index contributed by atoms with van der Waals surface area (Å²) in [4.78, 5) is 27.4. The van der Waals surface area contributed by atoms with Crippen LogP contribution >= 0.6 is 0 Å². The lowest BCUT2D eigenvalue weighted by molar-refractivity contribution is -0.127. The van der Waals surface area contributed by atoms with Gasteiger partial charge in [-0.25, -0.2) is 9.48 Å². The van der Waals surface area contributed by atoms with Gasteiger partial charge in [-0.05, 0) is 62.4 Å². The van der Waals surface area contributed by atoms with E-state index < -0.39 is 5.54 Å². The first-order chi connectivity index (χ1) is 16.1. The second-order valence-corrected chi connectivity index (χ2v) is 9.04. The van der Waals surface area contributed by atoms with Gasteiger partial charge < -0.3 is 5.32 Å². The molecule has 3 heterocycles. The monoisotopic (exact) mass is 443 g/mol. The fraction of sp³-hybridized carbons (Fsp3) is 0.346. The summed E-state index contributed by atoms with van der Waals surface area (Å²) in [7, 11) is 0. The average Bonchev–Trinajstić information content (AvgIpc) is 3.43. The minimum absolute atomic E-state index is 0.121. The van der Waals surface area contributed by atoms with Gasteiger partial charge in [-0.1, -0.05) is 48.5 Å². The van der Waals surface area contributed by atoms with E-state index in [0.29, 0.717) is 6.42 Å². The van der Waals surface area contributed by atoms with Crippen molar-refractivity contribution in [2.75, 3.05) is 13.1 Å². The number of carbonyl (C=O) groups is 2. The number of aryl methyl sites for hydroxylation is 1. The van der Waals surface area contributed by atoms with Crippen LogP contribution in [0.15, 0.2) is 73.1 Å². The third kappa shape index (κ3) is 4.54. The molecule has 0 radical (unpaired) electrons. The third-order valence-corrected chi connectivity index (χ3v) is 6.97. The van der Waals surface area contributed by atoms with Crippen LogP contribution in [0.4, 0.5) is 4.79 Å². The van der Waals surface area contributed by atoms with Crippen LogP contribution in [0, 0.1) is 5.92 Å². The van der Waals surface area contributed by atoms with Crippen LogP contribution in [-0.2, 0) is 17.8 Å². The normalized spacial score (nSPS) is 21.7. The SMILES string of the molecule is O=C1NC(=O)C(CCc2ccccc2)(C2CCN(Cc3cnn(-c4ccccc4)c3)CC2)N1. The quantitative estimate of drug-likeness (QED) is 0.549. The maximum absolute atomic E-state index is 12.9. The lowest BCUT2D eigenvalue weighted by Crippen LogP contribution is -2.56. The van der Waals surface area contributed by atoms with Gasteiger partial charge in [-0.2, -0.15) is 5.10 Å². The van der Waals surface area contributed by atoms with Gasteiger partial charge in [0.1, 0.15) is 5.54 Å². The molecule has 2 aliphatic heterocycles. The Morgan fingerprint density at radius 3 is 2.30 bits per heavy atom. The minimum atomic E-state index is -0.822. The maximum Gasteiger partial charge on any atom is 0.322 e. The lowest BCUT2D eigenvalue weighted by Gasteiger charge is -2.40. The molecule has 33 heavy (non-hydrogen) atoms. The van der Waals surface area contributed by atoms with Gasteiger partial charge >= 0.3 is 6.03 Å². The highest BCUT2D eigenvalue weighted by Gasteiger charge is 2.51. The van der Waals surface area contributed by atoms with E-state index in [0.717, 1.165) is 44.6 Å². The fourth-order valence-electron chi connectivity index (χ4n) is 5.16. The summed E-state index contributed by atoms with van der Waals surface area (Å²) in [5.41, 5.74) is 2.57. The third-order valence-electron chi connectivity index (χ3n) is 6.97. The van der Waals surface area contributed by atoms with Crippen molar-refractivity contribution in [1.82, 2.24) is 25.3 Å². The second-order valence-electron chi connectivity index (χ2n) is 9.04. The van der Waals surface area contributed by atoms with Crippen molar-refractivity contribution in [3.05, 3.63) is 84.2 Å². The number of hydrogen-bond donors (Lipinski definition) is 2. The van der Waals surface area contributed by atoms with Crippen molar-refractivity contribution in [3.63, 3.8) is 0 Å². The highest BCUT2D eigenvalue weighted by atomic mass is 16.2. The Labute approximate surface area is 193 Å². The summed E-state index contributed by atoms with van der Waals surface area (Å²) >= 11 is 0. The summed E-state index contributed by atoms with van der Waals surface area (Å²) in [6, 6.07) is 19.9. The van der Waals surface area contributed by atoms with Crippen LogP contribution in [0.25, 0.3) is 5.69 Å². The second kappa shape index (κ2) is 9.19. The Bertz CT molecular complexity index is 1110. The number of aromatic nitrogens is 2. The number of rotatable bonds is 7. The predicted molar refractivity (Wildman–Crippen MR) is 126 cm³/mol. The van der Waals surface area contributed by atoms with Gasteiger partial charge in [0.15, 0.2) is 0 Å². The van der Waals surface area contributed by atoms with Crippen LogP contribution in [0.5, 0.6) is 0 Å². The van der Waals surface area contributed by atoms with Gasteiger partial charge in [0.05, 0.1) is 11.9 Å². The molecule has 7 nitrogen and oxygen atoms in total. The molecule has 0 aliphatic carbocycles. The summed E-state index contributed by atoms with van der Waals surface area (Å²) in [6.45, 7) is 2.60. The number of benzene rings is 2. The molecule has 1 unspecified atom stereocenters. The van der Waals surface area contributed by atoms with E-state index in [1.54, 1.807) is 0 Å². The molecule has 0 bridgehead atoms. The average molecular weight is 444 g/mol. The number of urea groups is 1. The Kier molecular flexibility index (Phi) is 5.96. The molecule has 2 aromatic carbocycles. The first-order valence-corrected chi connectivity index (χ1v) is 11.6. The van der Waals surface area contributed by atoms with Crippen molar-refractivity contribution in [3.8, 4) is 5.69 Å². The first-order valence-electron chi connectivity index (χ1n) is 11.6. The molecule has 2 N–H and O–H groups in total. The van der Waals surface area contributed by atoms with Crippen molar-refractivity contribution in [2.45, 2.75) is 37.8 Å². The zero-order valence-corrected chi connectivity index (χ0v) is 18.6. The minimum Gasteiger partial charge on any atom is -0.323 e. The number of carbonyl (C=O) groups excluding carboxylic acids is 2. The predicted octanol–water partition coefficient (Wildman–Crippen LogP) is 3.30. The topological polar surface area (TPSA) is 79.3 Å². The largest absolute Gasteiger partial charge is 0.323 e. The summed E-state index contributed by atoms with van der Waals surface area (Å²) < 4.78 is 1.90. The van der Waals surface area contributed by atoms with Crippen molar-refractivity contribution in [2.24, 2.45) is 5.92 Å². The number of hydrogen-bond acceptors (Lipinski definition) is 4. The molecule has 7 heteroatoms. The van der Waals surface area contributed by atoms with Gasteiger partial charge in [0.2, 0.25) is 0 Å². The Hall–Kier alpha value is -3.45. The van der Waals surface area contributed by atoms with Gasteiger partial charge in [-0.15, -0.1) is 0 Å². The highest BCUT2D eigenvalue weighted by molar-refractivity contribution is 6.07. The van der Waals surface area contributed by atoms with Crippen molar-refractivity contribution >= 4 is 11.9 Å². The summed E-state index contributed by atoms with van der Waals surface area (Å²) in [5, 5.41) is 10.0. The molecule has 2 saturated heterocycles. The van der Waals surface area contributed by atoms with E-state index in [1.807, 2.05) is 59.4 Å². The lowest BCUT2D eigenvalue weighted by atomic mass is 9.74. The first kappa shape index (κ1) is 21.4. The van der Waals surface area contributed by atoms with Crippen LogP contribution in [-0.4, -0.2) is 45.2 Å². The number of nitrogens with zero attached hydrogens (tertiary/aromatic N) is 3. The molecule has 2 aliphatic rings. The Balaban J connectivity index is 1.22. The number of imide groups is 1. The van der Waals surface area contributed by atoms with E-state index in [2.05, 4.69) is 39.0 Å². The fourth-order valence-corrected chi connectivity index (χ4v) is 5.16. The molecule has 170 valence electrons. The van der Waals surface area contributed by atoms with Crippen LogP contribution in [0.3, 0.4) is 0 Å². The van der Waals surface area contributed by atoms with Crippen LogP contribution in [0.1, 0.15) is 30.4 Å². The maximum atomic E-state index is 12.9. The highest BCUT2D eigenvalue weighted by Crippen LogP contribution is 2.35. The number of amides is 3. The number of piperidine rings is 1. The van der Waals surface area contributed by atoms with Gasteiger partial charge in [0, 0.05) is 18.3 Å². The van der Waals surface area contributed by atoms with Crippen molar-refractivity contribution in [1.29, 1.82) is 0 Å². The molecule has 0 saturated carbocycles. The van der Waals surface area contributed by atoms with E-state index in [4.69, 9.17) is 0 Å².